The predicted molar refractivity (Wildman–Crippen MR) is 104 cm³/mol. The summed E-state index contributed by atoms with van der Waals surface area (Å²) in [5, 5.41) is 3.40. The van der Waals surface area contributed by atoms with E-state index in [9.17, 15) is 8.42 Å². The monoisotopic (exact) mass is 416 g/mol. The second-order valence-corrected chi connectivity index (χ2v) is 9.89. The fourth-order valence-corrected chi connectivity index (χ4v) is 6.13. The van der Waals surface area contributed by atoms with Crippen LogP contribution in [0.3, 0.4) is 0 Å². The number of thiophene rings is 1. The molecule has 1 aliphatic rings. The van der Waals surface area contributed by atoms with E-state index in [2.05, 4.69) is 5.32 Å². The molecule has 1 fully saturated rings. The molecule has 0 amide bonds. The van der Waals surface area contributed by atoms with E-state index in [1.807, 2.05) is 12.1 Å². The van der Waals surface area contributed by atoms with Crippen molar-refractivity contribution in [2.75, 3.05) is 32.6 Å². The first-order valence-electron chi connectivity index (χ1n) is 8.17. The maximum Gasteiger partial charge on any atom is 0.252 e. The average molecular weight is 417 g/mol. The molecule has 0 aliphatic carbocycles. The Morgan fingerprint density at radius 2 is 1.88 bits per heavy atom. The summed E-state index contributed by atoms with van der Waals surface area (Å²) < 4.78 is 38.5. The summed E-state index contributed by atoms with van der Waals surface area (Å²) in [6.07, 6.45) is 1.67. The first kappa shape index (κ1) is 19.3. The third-order valence-corrected chi connectivity index (χ3v) is 7.81. The van der Waals surface area contributed by atoms with Gasteiger partial charge in [-0.15, -0.1) is 11.3 Å². The molecule has 0 radical (unpaired) electrons. The van der Waals surface area contributed by atoms with Gasteiger partial charge in [0.2, 0.25) is 0 Å². The molecule has 1 N–H and O–H groups in total. The van der Waals surface area contributed by atoms with E-state index in [0.717, 1.165) is 29.9 Å². The minimum atomic E-state index is -3.51. The molecule has 2 aromatic rings. The quantitative estimate of drug-likeness (QED) is 0.777. The summed E-state index contributed by atoms with van der Waals surface area (Å²) in [7, 11) is -0.320. The molecule has 142 valence electrons. The van der Waals surface area contributed by atoms with Crippen LogP contribution in [0.1, 0.15) is 12.8 Å². The van der Waals surface area contributed by atoms with Crippen molar-refractivity contribution in [2.24, 2.45) is 0 Å². The van der Waals surface area contributed by atoms with Gasteiger partial charge in [-0.2, -0.15) is 4.31 Å². The van der Waals surface area contributed by atoms with Crippen LogP contribution < -0.4 is 14.8 Å². The van der Waals surface area contributed by atoms with E-state index in [1.165, 1.54) is 4.31 Å². The largest absolute Gasteiger partial charge is 0.497 e. The van der Waals surface area contributed by atoms with Crippen LogP contribution in [0.25, 0.3) is 0 Å². The van der Waals surface area contributed by atoms with Crippen molar-refractivity contribution in [2.45, 2.75) is 23.1 Å². The highest BCUT2D eigenvalue weighted by Crippen LogP contribution is 2.31. The maximum absolute atomic E-state index is 12.8. The van der Waals surface area contributed by atoms with Crippen LogP contribution in [0.5, 0.6) is 11.5 Å². The first-order chi connectivity index (χ1) is 12.4. The molecule has 0 saturated carbocycles. The number of hydrogen-bond acceptors (Lipinski definition) is 6. The highest BCUT2D eigenvalue weighted by molar-refractivity contribution is 7.91. The molecule has 1 aliphatic heterocycles. The number of piperidine rings is 1. The number of anilines is 1. The lowest BCUT2D eigenvalue weighted by molar-refractivity contribution is 0.327. The Hall–Kier alpha value is -1.48. The highest BCUT2D eigenvalue weighted by Gasteiger charge is 2.31. The SMILES string of the molecule is COc1cc(N[C@H]2CCCN(S(=O)(=O)c3ccc(Cl)s3)C2)cc(OC)c1. The average Bonchev–Trinajstić information content (AvgIpc) is 3.09. The topological polar surface area (TPSA) is 67.9 Å². The van der Waals surface area contributed by atoms with Crippen molar-refractivity contribution in [1.29, 1.82) is 0 Å². The van der Waals surface area contributed by atoms with Gasteiger partial charge in [-0.3, -0.25) is 0 Å². The minimum Gasteiger partial charge on any atom is -0.497 e. The molecule has 0 bridgehead atoms. The highest BCUT2D eigenvalue weighted by atomic mass is 35.5. The molecule has 26 heavy (non-hydrogen) atoms. The number of nitrogens with zero attached hydrogens (tertiary/aromatic N) is 1. The van der Waals surface area contributed by atoms with Gasteiger partial charge >= 0.3 is 0 Å². The van der Waals surface area contributed by atoms with Gasteiger partial charge in [0.05, 0.1) is 18.6 Å². The van der Waals surface area contributed by atoms with E-state index in [4.69, 9.17) is 21.1 Å². The zero-order chi connectivity index (χ0) is 18.7. The van der Waals surface area contributed by atoms with Crippen LogP contribution in [0.2, 0.25) is 4.34 Å². The molecule has 9 heteroatoms. The fourth-order valence-electron chi connectivity index (χ4n) is 2.97. The number of sulfonamides is 1. The lowest BCUT2D eigenvalue weighted by Crippen LogP contribution is -2.44. The molecule has 2 heterocycles. The smallest absolute Gasteiger partial charge is 0.252 e. The maximum atomic E-state index is 12.8. The Morgan fingerprint density at radius 3 is 2.46 bits per heavy atom. The minimum absolute atomic E-state index is 0.00534. The zero-order valence-corrected chi connectivity index (χ0v) is 17.0. The summed E-state index contributed by atoms with van der Waals surface area (Å²) >= 11 is 6.98. The number of nitrogens with one attached hydrogen (secondary N) is 1. The van der Waals surface area contributed by atoms with E-state index in [1.54, 1.807) is 32.4 Å². The third-order valence-electron chi connectivity index (χ3n) is 4.25. The van der Waals surface area contributed by atoms with E-state index in [0.29, 0.717) is 28.9 Å². The Kier molecular flexibility index (Phi) is 5.96. The summed E-state index contributed by atoms with van der Waals surface area (Å²) in [5.74, 6) is 1.36. The van der Waals surface area contributed by atoms with Crippen LogP contribution in [0.4, 0.5) is 5.69 Å². The van der Waals surface area contributed by atoms with Crippen molar-refractivity contribution in [3.63, 3.8) is 0 Å². The zero-order valence-electron chi connectivity index (χ0n) is 14.6. The van der Waals surface area contributed by atoms with Crippen molar-refractivity contribution in [1.82, 2.24) is 4.31 Å². The number of methoxy groups -OCH3 is 2. The molecule has 0 unspecified atom stereocenters. The summed E-state index contributed by atoms with van der Waals surface area (Å²) in [6.45, 7) is 0.912. The second-order valence-electron chi connectivity index (χ2n) is 6.01. The molecule has 1 saturated heterocycles. The van der Waals surface area contributed by atoms with Gasteiger partial charge in [0.25, 0.3) is 10.0 Å². The fraction of sp³-hybridized carbons (Fsp3) is 0.412. The van der Waals surface area contributed by atoms with Crippen LogP contribution in [-0.2, 0) is 10.0 Å². The van der Waals surface area contributed by atoms with Crippen LogP contribution in [0, 0.1) is 0 Å². The van der Waals surface area contributed by atoms with Crippen LogP contribution in [0.15, 0.2) is 34.5 Å². The number of hydrogen-bond donors (Lipinski definition) is 1. The van der Waals surface area contributed by atoms with E-state index < -0.39 is 10.0 Å². The van der Waals surface area contributed by atoms with Crippen molar-refractivity contribution < 1.29 is 17.9 Å². The molecular weight excluding hydrogens is 396 g/mol. The molecule has 1 atom stereocenters. The Labute approximate surface area is 162 Å². The van der Waals surface area contributed by atoms with Gasteiger partial charge in [0.1, 0.15) is 15.7 Å². The Morgan fingerprint density at radius 1 is 1.19 bits per heavy atom. The first-order valence-corrected chi connectivity index (χ1v) is 10.8. The van der Waals surface area contributed by atoms with Gasteiger partial charge in [0, 0.05) is 43.0 Å². The second kappa shape index (κ2) is 8.04. The van der Waals surface area contributed by atoms with Gasteiger partial charge in [-0.05, 0) is 25.0 Å². The molecule has 1 aromatic carbocycles. The van der Waals surface area contributed by atoms with Crippen molar-refractivity contribution in [3.8, 4) is 11.5 Å². The third kappa shape index (κ3) is 4.25. The van der Waals surface area contributed by atoms with Crippen molar-refractivity contribution in [3.05, 3.63) is 34.7 Å². The van der Waals surface area contributed by atoms with Gasteiger partial charge in [0.15, 0.2) is 0 Å². The van der Waals surface area contributed by atoms with Crippen molar-refractivity contribution >= 4 is 38.6 Å². The lowest BCUT2D eigenvalue weighted by Gasteiger charge is -2.32. The molecule has 1 aromatic heterocycles. The molecule has 6 nitrogen and oxygen atoms in total. The van der Waals surface area contributed by atoms with Gasteiger partial charge < -0.3 is 14.8 Å². The molecule has 3 rings (SSSR count). The molecular formula is C17H21ClN2O4S2. The standard InChI is InChI=1S/C17H21ClN2O4S2/c1-23-14-8-13(9-15(10-14)24-2)19-12-4-3-7-20(11-12)26(21,22)17-6-5-16(18)25-17/h5-6,8-10,12,19H,3-4,7,11H2,1-2H3/t12-/m0/s1. The Bertz CT molecular complexity index is 847. The van der Waals surface area contributed by atoms with E-state index >= 15 is 0 Å². The summed E-state index contributed by atoms with van der Waals surface area (Å²) in [6, 6.07) is 8.71. The van der Waals surface area contributed by atoms with Crippen LogP contribution in [-0.4, -0.2) is 46.1 Å². The van der Waals surface area contributed by atoms with Gasteiger partial charge in [-0.1, -0.05) is 11.6 Å². The predicted octanol–water partition coefficient (Wildman–Crippen LogP) is 3.68. The number of ether oxygens (including phenoxy) is 2. The summed E-state index contributed by atoms with van der Waals surface area (Å²) in [4.78, 5) is 0. The van der Waals surface area contributed by atoms with Gasteiger partial charge in [-0.25, -0.2) is 8.42 Å². The molecule has 0 spiro atoms. The number of rotatable bonds is 6. The lowest BCUT2D eigenvalue weighted by atomic mass is 10.1. The Balaban J connectivity index is 1.75. The number of halogens is 1. The van der Waals surface area contributed by atoms with Crippen LogP contribution >= 0.6 is 22.9 Å². The van der Waals surface area contributed by atoms with E-state index in [-0.39, 0.29) is 10.3 Å². The summed E-state index contributed by atoms with van der Waals surface area (Å²) in [5.41, 5.74) is 0.838. The number of benzene rings is 1. The normalized spacial score (nSPS) is 18.5.